The molecule has 2 aromatic heterocycles. The van der Waals surface area contributed by atoms with Crippen LogP contribution >= 0.6 is 0 Å². The van der Waals surface area contributed by atoms with Gasteiger partial charge in [0, 0.05) is 11.3 Å². The first-order chi connectivity index (χ1) is 9.92. The zero-order chi connectivity index (χ0) is 13.4. The number of aromatic amines is 1. The zero-order valence-electron chi connectivity index (χ0n) is 10.5. The second kappa shape index (κ2) is 4.31. The molecule has 0 atom stereocenters. The normalized spacial score (nSPS) is 11.0. The van der Waals surface area contributed by atoms with E-state index < -0.39 is 0 Å². The number of hydrogen-bond acceptors (Lipinski definition) is 3. The first-order valence-corrected chi connectivity index (χ1v) is 6.21. The van der Waals surface area contributed by atoms with Crippen molar-refractivity contribution in [2.24, 2.45) is 0 Å². The van der Waals surface area contributed by atoms with Crippen LogP contribution in [0.15, 0.2) is 55.1 Å². The molecule has 1 N–H and O–H groups in total. The molecule has 4 rings (SSSR count). The smallest absolute Gasteiger partial charge is 0.155 e. The average molecular weight is 260 g/mol. The van der Waals surface area contributed by atoms with E-state index in [0.717, 1.165) is 28.1 Å². The third-order valence-corrected chi connectivity index (χ3v) is 3.23. The van der Waals surface area contributed by atoms with Crippen molar-refractivity contribution < 1.29 is 0 Å². The van der Waals surface area contributed by atoms with Crippen LogP contribution in [-0.4, -0.2) is 24.7 Å². The summed E-state index contributed by atoms with van der Waals surface area (Å²) in [5.41, 5.74) is 4.06. The first kappa shape index (κ1) is 10.9. The summed E-state index contributed by atoms with van der Waals surface area (Å²) >= 11 is 0. The van der Waals surface area contributed by atoms with E-state index in [1.54, 1.807) is 0 Å². The van der Waals surface area contributed by atoms with Gasteiger partial charge in [-0.1, -0.05) is 6.07 Å². The molecule has 0 unspecified atom stereocenters. The number of rotatable bonds is 2. The van der Waals surface area contributed by atoms with Crippen molar-refractivity contribution in [3.8, 4) is 17.1 Å². The van der Waals surface area contributed by atoms with Gasteiger partial charge in [-0.05, 0) is 42.5 Å². The van der Waals surface area contributed by atoms with Gasteiger partial charge in [0.25, 0.3) is 0 Å². The Labute approximate surface area is 114 Å². The molecule has 95 valence electrons. The van der Waals surface area contributed by atoms with E-state index in [1.807, 2.05) is 53.4 Å². The Kier molecular flexibility index (Phi) is 2.35. The first-order valence-electron chi connectivity index (χ1n) is 6.21. The van der Waals surface area contributed by atoms with Gasteiger partial charge < -0.3 is 0 Å². The Morgan fingerprint density at radius 2 is 1.95 bits per heavy atom. The molecule has 0 aliphatic rings. The summed E-state index contributed by atoms with van der Waals surface area (Å²) in [6.45, 7) is 0. The lowest BCUT2D eigenvalue weighted by molar-refractivity contribution is 1.08. The molecule has 0 fully saturated rings. The van der Waals surface area contributed by atoms with Crippen molar-refractivity contribution in [3.05, 3.63) is 61.2 Å². The van der Waals surface area contributed by atoms with E-state index in [2.05, 4.69) is 26.2 Å². The van der Waals surface area contributed by atoms with Crippen molar-refractivity contribution in [2.45, 2.75) is 0 Å². The molecule has 0 bridgehead atoms. The molecule has 0 saturated heterocycles. The van der Waals surface area contributed by atoms with Gasteiger partial charge in [-0.25, -0.2) is 9.97 Å². The van der Waals surface area contributed by atoms with Crippen molar-refractivity contribution >= 4 is 11.0 Å². The standard InChI is InChI=1S/C15H10N5/c1-2-4-14-13(3-1)17-10-20(14)12-7-5-11(6-8-12)15-16-9-18-19-15/h2-10H,(H,16,18,19). The summed E-state index contributed by atoms with van der Waals surface area (Å²) in [6.07, 6.45) is 3.32. The Balaban J connectivity index is 1.79. The molecular formula is C15H10N5. The van der Waals surface area contributed by atoms with Crippen molar-refractivity contribution in [1.29, 1.82) is 0 Å². The molecule has 0 aliphatic heterocycles. The maximum absolute atomic E-state index is 4.37. The highest BCUT2D eigenvalue weighted by Gasteiger charge is 2.05. The van der Waals surface area contributed by atoms with Crippen LogP contribution in [0.3, 0.4) is 0 Å². The molecular weight excluding hydrogens is 250 g/mol. The van der Waals surface area contributed by atoms with Crippen molar-refractivity contribution in [1.82, 2.24) is 24.7 Å². The molecule has 20 heavy (non-hydrogen) atoms. The maximum atomic E-state index is 4.37. The van der Waals surface area contributed by atoms with Crippen molar-refractivity contribution in [2.75, 3.05) is 0 Å². The van der Waals surface area contributed by atoms with Crippen LogP contribution in [0.2, 0.25) is 0 Å². The van der Waals surface area contributed by atoms with Gasteiger partial charge in [0.1, 0.15) is 12.7 Å². The quantitative estimate of drug-likeness (QED) is 0.602. The summed E-state index contributed by atoms with van der Waals surface area (Å²) < 4.78 is 2.05. The van der Waals surface area contributed by atoms with Crippen LogP contribution in [0, 0.1) is 6.07 Å². The fourth-order valence-corrected chi connectivity index (χ4v) is 2.23. The predicted octanol–water partition coefficient (Wildman–Crippen LogP) is 2.61. The lowest BCUT2D eigenvalue weighted by Crippen LogP contribution is -1.91. The number of nitrogens with one attached hydrogen (secondary N) is 1. The molecule has 0 amide bonds. The number of hydrogen-bond donors (Lipinski definition) is 1. The van der Waals surface area contributed by atoms with Crippen LogP contribution < -0.4 is 0 Å². The minimum Gasteiger partial charge on any atom is -0.299 e. The van der Waals surface area contributed by atoms with Crippen LogP contribution in [0.5, 0.6) is 0 Å². The molecule has 1 radical (unpaired) electrons. The van der Waals surface area contributed by atoms with Gasteiger partial charge in [-0.3, -0.25) is 9.67 Å². The Morgan fingerprint density at radius 3 is 2.75 bits per heavy atom. The van der Waals surface area contributed by atoms with Gasteiger partial charge >= 0.3 is 0 Å². The monoisotopic (exact) mass is 260 g/mol. The maximum Gasteiger partial charge on any atom is 0.155 e. The van der Waals surface area contributed by atoms with Crippen LogP contribution in [0.1, 0.15) is 0 Å². The third kappa shape index (κ3) is 1.68. The third-order valence-electron chi connectivity index (χ3n) is 3.23. The molecule has 0 saturated carbocycles. The molecule has 0 spiro atoms. The molecule has 2 aromatic carbocycles. The van der Waals surface area contributed by atoms with E-state index in [9.17, 15) is 0 Å². The highest BCUT2D eigenvalue weighted by atomic mass is 15.2. The van der Waals surface area contributed by atoms with Gasteiger partial charge in [0.05, 0.1) is 11.0 Å². The Hall–Kier alpha value is -2.95. The second-order valence-electron chi connectivity index (χ2n) is 4.41. The summed E-state index contributed by atoms with van der Waals surface area (Å²) in [5, 5.41) is 6.71. The van der Waals surface area contributed by atoms with E-state index >= 15 is 0 Å². The van der Waals surface area contributed by atoms with Gasteiger partial charge in [-0.15, -0.1) is 0 Å². The second-order valence-corrected chi connectivity index (χ2v) is 4.41. The van der Waals surface area contributed by atoms with Crippen LogP contribution in [-0.2, 0) is 0 Å². The van der Waals surface area contributed by atoms with Gasteiger partial charge in [-0.2, -0.15) is 5.10 Å². The van der Waals surface area contributed by atoms with Crippen LogP contribution in [0.4, 0.5) is 0 Å². The fourth-order valence-electron chi connectivity index (χ4n) is 2.23. The van der Waals surface area contributed by atoms with E-state index in [0.29, 0.717) is 0 Å². The highest BCUT2D eigenvalue weighted by molar-refractivity contribution is 5.77. The average Bonchev–Trinajstić information content (AvgIpc) is 3.17. The number of aromatic nitrogens is 5. The number of fused-ring (bicyclic) bond motifs is 1. The topological polar surface area (TPSA) is 59.4 Å². The zero-order valence-corrected chi connectivity index (χ0v) is 10.5. The predicted molar refractivity (Wildman–Crippen MR) is 75.3 cm³/mol. The number of H-pyrrole nitrogens is 1. The summed E-state index contributed by atoms with van der Waals surface area (Å²) in [6, 6.07) is 16.9. The lowest BCUT2D eigenvalue weighted by Gasteiger charge is -2.05. The molecule has 5 nitrogen and oxygen atoms in total. The number of imidazole rings is 1. The summed E-state index contributed by atoms with van der Waals surface area (Å²) in [5.74, 6) is 0.765. The lowest BCUT2D eigenvalue weighted by atomic mass is 10.2. The van der Waals surface area contributed by atoms with E-state index in [-0.39, 0.29) is 0 Å². The number of benzene rings is 2. The Bertz CT molecular complexity index is 844. The Morgan fingerprint density at radius 1 is 1.05 bits per heavy atom. The fraction of sp³-hybridized carbons (Fsp3) is 0. The minimum absolute atomic E-state index is 0.765. The summed E-state index contributed by atoms with van der Waals surface area (Å²) in [4.78, 5) is 8.51. The largest absolute Gasteiger partial charge is 0.299 e. The van der Waals surface area contributed by atoms with Gasteiger partial charge in [0.15, 0.2) is 5.82 Å². The SMILES string of the molecule is [c]1ccc2c(c1)ncn2-c1ccc(-c2ncn[nH]2)cc1. The molecule has 4 aromatic rings. The summed E-state index contributed by atoms with van der Waals surface area (Å²) in [7, 11) is 0. The van der Waals surface area contributed by atoms with Crippen LogP contribution in [0.25, 0.3) is 28.1 Å². The van der Waals surface area contributed by atoms with Gasteiger partial charge in [0.2, 0.25) is 0 Å². The number of nitrogens with zero attached hydrogens (tertiary/aromatic N) is 4. The molecule has 0 aliphatic carbocycles. The highest BCUT2D eigenvalue weighted by Crippen LogP contribution is 2.20. The minimum atomic E-state index is 0.765. The molecule has 5 heteroatoms. The van der Waals surface area contributed by atoms with E-state index in [4.69, 9.17) is 0 Å². The molecule has 2 heterocycles. The van der Waals surface area contributed by atoms with E-state index in [1.165, 1.54) is 6.33 Å². The van der Waals surface area contributed by atoms with Crippen molar-refractivity contribution in [3.63, 3.8) is 0 Å².